The summed E-state index contributed by atoms with van der Waals surface area (Å²) in [7, 11) is 3.25. The molecule has 1 aromatic heterocycles. The summed E-state index contributed by atoms with van der Waals surface area (Å²) in [5.74, 6) is 1.55. The lowest BCUT2D eigenvalue weighted by Crippen LogP contribution is -2.36. The molecule has 0 unspecified atom stereocenters. The molecule has 132 valence electrons. The fourth-order valence-electron chi connectivity index (χ4n) is 3.19. The number of nitrogens with zero attached hydrogens (tertiary/aromatic N) is 3. The lowest BCUT2D eigenvalue weighted by molar-refractivity contribution is 0.0731. The molecule has 1 amide bonds. The van der Waals surface area contributed by atoms with Crippen molar-refractivity contribution >= 4 is 5.91 Å². The van der Waals surface area contributed by atoms with Crippen molar-refractivity contribution in [2.75, 3.05) is 20.8 Å². The molecule has 0 bridgehead atoms. The number of methoxy groups -OCH3 is 2. The van der Waals surface area contributed by atoms with Crippen LogP contribution in [0.3, 0.4) is 0 Å². The van der Waals surface area contributed by atoms with E-state index in [0.29, 0.717) is 24.4 Å². The molecule has 25 heavy (non-hydrogen) atoms. The van der Waals surface area contributed by atoms with Gasteiger partial charge in [-0.1, -0.05) is 13.8 Å². The van der Waals surface area contributed by atoms with Crippen LogP contribution < -0.4 is 9.47 Å². The lowest BCUT2D eigenvalue weighted by Gasteiger charge is -2.30. The van der Waals surface area contributed by atoms with Crippen LogP contribution in [0.5, 0.6) is 11.5 Å². The zero-order chi connectivity index (χ0) is 18.0. The summed E-state index contributed by atoms with van der Waals surface area (Å²) in [5.41, 5.74) is 3.65. The molecule has 0 fully saturated rings. The van der Waals surface area contributed by atoms with E-state index >= 15 is 0 Å². The molecule has 0 aliphatic carbocycles. The van der Waals surface area contributed by atoms with Crippen LogP contribution >= 0.6 is 0 Å². The van der Waals surface area contributed by atoms with E-state index in [1.54, 1.807) is 20.4 Å². The molecule has 1 aliphatic rings. The van der Waals surface area contributed by atoms with E-state index in [9.17, 15) is 4.79 Å². The van der Waals surface area contributed by atoms with Crippen molar-refractivity contribution in [2.24, 2.45) is 0 Å². The zero-order valence-corrected chi connectivity index (χ0v) is 15.1. The fraction of sp³-hybridized carbons (Fsp3) is 0.421. The van der Waals surface area contributed by atoms with Gasteiger partial charge in [-0.15, -0.1) is 0 Å². The minimum atomic E-state index is -0.0234. The Hall–Kier alpha value is -2.63. The number of carbonyl (C=O) groups excluding carboxylic acids is 1. The van der Waals surface area contributed by atoms with Crippen molar-refractivity contribution in [1.82, 2.24) is 14.9 Å². The molecule has 2 aromatic rings. The quantitative estimate of drug-likeness (QED) is 0.855. The van der Waals surface area contributed by atoms with E-state index < -0.39 is 0 Å². The highest BCUT2D eigenvalue weighted by Crippen LogP contribution is 2.33. The first kappa shape index (κ1) is 17.2. The van der Waals surface area contributed by atoms with E-state index in [4.69, 9.17) is 9.47 Å². The summed E-state index contributed by atoms with van der Waals surface area (Å²) in [6, 6.07) is 3.96. The molecule has 0 atom stereocenters. The Morgan fingerprint density at radius 1 is 1.16 bits per heavy atom. The summed E-state index contributed by atoms with van der Waals surface area (Å²) in [6.07, 6.45) is 3.90. The standard InChI is InChI=1S/C19H23N3O3/c1-12(2)18-15(9-20-11-21-18)19(23)22-6-5-13-7-16(24-3)17(25-4)8-14(13)10-22/h7-9,11-12H,5-6,10H2,1-4H3. The first-order chi connectivity index (χ1) is 12.0. The molecule has 0 saturated heterocycles. The van der Waals surface area contributed by atoms with E-state index in [-0.39, 0.29) is 11.8 Å². The molecule has 1 aliphatic heterocycles. The second kappa shape index (κ2) is 7.09. The summed E-state index contributed by atoms with van der Waals surface area (Å²) in [6.45, 7) is 5.26. The van der Waals surface area contributed by atoms with Crippen molar-refractivity contribution in [3.05, 3.63) is 47.0 Å². The van der Waals surface area contributed by atoms with E-state index in [0.717, 1.165) is 23.4 Å². The number of amides is 1. The van der Waals surface area contributed by atoms with Crippen molar-refractivity contribution in [2.45, 2.75) is 32.7 Å². The topological polar surface area (TPSA) is 64.6 Å². The van der Waals surface area contributed by atoms with E-state index in [1.165, 1.54) is 11.9 Å². The van der Waals surface area contributed by atoms with Gasteiger partial charge in [-0.3, -0.25) is 4.79 Å². The van der Waals surface area contributed by atoms with Gasteiger partial charge in [-0.05, 0) is 35.6 Å². The number of rotatable bonds is 4. The van der Waals surface area contributed by atoms with Gasteiger partial charge < -0.3 is 14.4 Å². The summed E-state index contributed by atoms with van der Waals surface area (Å²) in [4.78, 5) is 23.2. The first-order valence-corrected chi connectivity index (χ1v) is 8.38. The van der Waals surface area contributed by atoms with Crippen LogP contribution in [0.1, 0.15) is 46.9 Å². The number of ether oxygens (including phenoxy) is 2. The van der Waals surface area contributed by atoms with Gasteiger partial charge in [0.15, 0.2) is 11.5 Å². The second-order valence-electron chi connectivity index (χ2n) is 6.43. The number of hydrogen-bond donors (Lipinski definition) is 0. The van der Waals surface area contributed by atoms with Gasteiger partial charge in [-0.25, -0.2) is 9.97 Å². The van der Waals surface area contributed by atoms with Gasteiger partial charge in [0.1, 0.15) is 6.33 Å². The highest BCUT2D eigenvalue weighted by molar-refractivity contribution is 5.95. The molecular formula is C19H23N3O3. The SMILES string of the molecule is COc1cc2c(cc1OC)CN(C(=O)c1cncnc1C(C)C)CC2. The smallest absolute Gasteiger partial charge is 0.257 e. The van der Waals surface area contributed by atoms with Crippen molar-refractivity contribution in [3.8, 4) is 11.5 Å². The van der Waals surface area contributed by atoms with Crippen LogP contribution in [0.25, 0.3) is 0 Å². The molecule has 3 rings (SSSR count). The normalized spacial score (nSPS) is 13.6. The Bertz CT molecular complexity index is 789. The third kappa shape index (κ3) is 3.29. The minimum absolute atomic E-state index is 0.0234. The predicted molar refractivity (Wildman–Crippen MR) is 94.1 cm³/mol. The lowest BCUT2D eigenvalue weighted by atomic mass is 9.97. The predicted octanol–water partition coefficient (Wildman–Crippen LogP) is 2.82. The molecule has 0 N–H and O–H groups in total. The van der Waals surface area contributed by atoms with Gasteiger partial charge in [0, 0.05) is 19.3 Å². The van der Waals surface area contributed by atoms with Gasteiger partial charge in [-0.2, -0.15) is 0 Å². The summed E-state index contributed by atoms with van der Waals surface area (Å²) >= 11 is 0. The number of benzene rings is 1. The van der Waals surface area contributed by atoms with Crippen LogP contribution in [0, 0.1) is 0 Å². The minimum Gasteiger partial charge on any atom is -0.493 e. The van der Waals surface area contributed by atoms with Crippen LogP contribution in [0.4, 0.5) is 0 Å². The average Bonchev–Trinajstić information content (AvgIpc) is 2.65. The Labute approximate surface area is 147 Å². The van der Waals surface area contributed by atoms with Crippen molar-refractivity contribution < 1.29 is 14.3 Å². The number of fused-ring (bicyclic) bond motifs is 1. The maximum atomic E-state index is 13.0. The Morgan fingerprint density at radius 3 is 2.48 bits per heavy atom. The third-order valence-corrected chi connectivity index (χ3v) is 4.53. The molecule has 2 heterocycles. The summed E-state index contributed by atoms with van der Waals surface area (Å²) < 4.78 is 10.8. The Kier molecular flexibility index (Phi) is 4.88. The van der Waals surface area contributed by atoms with Crippen molar-refractivity contribution in [3.63, 3.8) is 0 Å². The molecule has 0 radical (unpaired) electrons. The molecular weight excluding hydrogens is 318 g/mol. The highest BCUT2D eigenvalue weighted by atomic mass is 16.5. The zero-order valence-electron chi connectivity index (χ0n) is 15.1. The maximum absolute atomic E-state index is 13.0. The van der Waals surface area contributed by atoms with Crippen LogP contribution in [0.2, 0.25) is 0 Å². The van der Waals surface area contributed by atoms with Crippen molar-refractivity contribution in [1.29, 1.82) is 0 Å². The number of carbonyl (C=O) groups is 1. The molecule has 1 aromatic carbocycles. The third-order valence-electron chi connectivity index (χ3n) is 4.53. The summed E-state index contributed by atoms with van der Waals surface area (Å²) in [5, 5.41) is 0. The maximum Gasteiger partial charge on any atom is 0.257 e. The van der Waals surface area contributed by atoms with Crippen LogP contribution in [-0.4, -0.2) is 41.5 Å². The second-order valence-corrected chi connectivity index (χ2v) is 6.43. The Balaban J connectivity index is 1.89. The Morgan fingerprint density at radius 2 is 1.84 bits per heavy atom. The average molecular weight is 341 g/mol. The molecule has 6 nitrogen and oxygen atoms in total. The van der Waals surface area contributed by atoms with Gasteiger partial charge in [0.05, 0.1) is 25.5 Å². The fourth-order valence-corrected chi connectivity index (χ4v) is 3.19. The van der Waals surface area contributed by atoms with Gasteiger partial charge >= 0.3 is 0 Å². The molecule has 6 heteroatoms. The monoisotopic (exact) mass is 341 g/mol. The largest absolute Gasteiger partial charge is 0.493 e. The van der Waals surface area contributed by atoms with E-state index in [1.807, 2.05) is 30.9 Å². The first-order valence-electron chi connectivity index (χ1n) is 8.38. The van der Waals surface area contributed by atoms with Crippen LogP contribution in [-0.2, 0) is 13.0 Å². The van der Waals surface area contributed by atoms with Crippen LogP contribution in [0.15, 0.2) is 24.7 Å². The highest BCUT2D eigenvalue weighted by Gasteiger charge is 2.26. The van der Waals surface area contributed by atoms with Gasteiger partial charge in [0.2, 0.25) is 0 Å². The van der Waals surface area contributed by atoms with E-state index in [2.05, 4.69) is 9.97 Å². The molecule has 0 saturated carbocycles. The number of hydrogen-bond acceptors (Lipinski definition) is 5. The number of aromatic nitrogens is 2. The molecule has 0 spiro atoms. The van der Waals surface area contributed by atoms with Gasteiger partial charge in [0.25, 0.3) is 5.91 Å².